The van der Waals surface area contributed by atoms with Crippen molar-refractivity contribution in [2.75, 3.05) is 18.1 Å². The summed E-state index contributed by atoms with van der Waals surface area (Å²) in [7, 11) is 0. The van der Waals surface area contributed by atoms with Crippen molar-refractivity contribution in [3.8, 4) is 0 Å². The molecule has 0 saturated heterocycles. The molecule has 114 valence electrons. The molecule has 5 nitrogen and oxygen atoms in total. The molecule has 1 aliphatic carbocycles. The van der Waals surface area contributed by atoms with Gasteiger partial charge in [0.15, 0.2) is 0 Å². The van der Waals surface area contributed by atoms with Crippen LogP contribution in [0.3, 0.4) is 0 Å². The van der Waals surface area contributed by atoms with E-state index in [-0.39, 0.29) is 12.1 Å². The van der Waals surface area contributed by atoms with Crippen molar-refractivity contribution in [3.05, 3.63) is 12.7 Å². The molecule has 0 aromatic rings. The molecular weight excluding hydrogens is 276 g/mol. The van der Waals surface area contributed by atoms with Crippen molar-refractivity contribution in [2.24, 2.45) is 5.92 Å². The van der Waals surface area contributed by atoms with E-state index in [0.717, 1.165) is 37.2 Å². The Balaban J connectivity index is 2.33. The van der Waals surface area contributed by atoms with Crippen molar-refractivity contribution in [1.29, 1.82) is 0 Å². The molecule has 2 unspecified atom stereocenters. The van der Waals surface area contributed by atoms with Crippen molar-refractivity contribution < 1.29 is 14.7 Å². The normalized spacial score (nSPS) is 22.6. The molecular formula is C14H24N2O3S. The number of carbonyl (C=O) groups is 2. The highest BCUT2D eigenvalue weighted by Crippen LogP contribution is 2.23. The van der Waals surface area contributed by atoms with E-state index in [1.807, 2.05) is 6.08 Å². The number of thioether (sulfide) groups is 1. The summed E-state index contributed by atoms with van der Waals surface area (Å²) in [6.07, 6.45) is 6.17. The summed E-state index contributed by atoms with van der Waals surface area (Å²) in [5, 5.41) is 14.8. The summed E-state index contributed by atoms with van der Waals surface area (Å²) >= 11 is 1.70. The maximum absolute atomic E-state index is 11.8. The first-order valence-electron chi connectivity index (χ1n) is 7.11. The molecule has 3 N–H and O–H groups in total. The monoisotopic (exact) mass is 300 g/mol. The number of carboxylic acid groups (broad SMARTS) is 1. The van der Waals surface area contributed by atoms with Gasteiger partial charge in [-0.05, 0) is 12.8 Å². The molecule has 0 aromatic heterocycles. The highest BCUT2D eigenvalue weighted by molar-refractivity contribution is 7.99. The number of rotatable bonds is 7. The molecule has 1 rings (SSSR count). The van der Waals surface area contributed by atoms with E-state index in [4.69, 9.17) is 0 Å². The third-order valence-electron chi connectivity index (χ3n) is 3.42. The van der Waals surface area contributed by atoms with Crippen LogP contribution in [-0.2, 0) is 4.79 Å². The Labute approximate surface area is 124 Å². The lowest BCUT2D eigenvalue weighted by Gasteiger charge is -2.23. The SMILES string of the molecule is C=CCSCCNC(=O)NC1CCCCCC1C(=O)O. The van der Waals surface area contributed by atoms with E-state index in [1.54, 1.807) is 11.8 Å². The van der Waals surface area contributed by atoms with E-state index >= 15 is 0 Å². The average molecular weight is 300 g/mol. The predicted molar refractivity (Wildman–Crippen MR) is 82.1 cm³/mol. The second-order valence-electron chi connectivity index (χ2n) is 4.95. The largest absolute Gasteiger partial charge is 0.481 e. The minimum Gasteiger partial charge on any atom is -0.481 e. The molecule has 6 heteroatoms. The first-order valence-corrected chi connectivity index (χ1v) is 8.26. The Morgan fingerprint density at radius 1 is 1.30 bits per heavy atom. The molecule has 2 atom stereocenters. The van der Waals surface area contributed by atoms with Gasteiger partial charge < -0.3 is 15.7 Å². The van der Waals surface area contributed by atoms with Gasteiger partial charge in [0.25, 0.3) is 0 Å². The molecule has 0 bridgehead atoms. The van der Waals surface area contributed by atoms with Gasteiger partial charge in [-0.1, -0.05) is 25.3 Å². The van der Waals surface area contributed by atoms with Gasteiger partial charge >= 0.3 is 12.0 Å². The Kier molecular flexibility index (Phi) is 8.18. The smallest absolute Gasteiger partial charge is 0.315 e. The van der Waals surface area contributed by atoms with Crippen LogP contribution >= 0.6 is 11.8 Å². The zero-order chi connectivity index (χ0) is 14.8. The molecule has 0 aromatic carbocycles. The van der Waals surface area contributed by atoms with Crippen LogP contribution in [0.15, 0.2) is 12.7 Å². The number of amides is 2. The van der Waals surface area contributed by atoms with Crippen LogP contribution in [0.1, 0.15) is 32.1 Å². The lowest BCUT2D eigenvalue weighted by molar-refractivity contribution is -0.142. The van der Waals surface area contributed by atoms with Gasteiger partial charge in [0.1, 0.15) is 0 Å². The van der Waals surface area contributed by atoms with Gasteiger partial charge in [0.05, 0.1) is 5.92 Å². The second kappa shape index (κ2) is 9.69. The van der Waals surface area contributed by atoms with Crippen LogP contribution in [0.25, 0.3) is 0 Å². The maximum Gasteiger partial charge on any atom is 0.315 e. The average Bonchev–Trinajstić information content (AvgIpc) is 2.64. The number of aliphatic carboxylic acids is 1. The minimum atomic E-state index is -0.807. The number of urea groups is 1. The van der Waals surface area contributed by atoms with E-state index in [9.17, 15) is 14.7 Å². The quantitative estimate of drug-likeness (QED) is 0.383. The van der Waals surface area contributed by atoms with Crippen LogP contribution in [0, 0.1) is 5.92 Å². The Bertz CT molecular complexity index is 336. The highest BCUT2D eigenvalue weighted by atomic mass is 32.2. The van der Waals surface area contributed by atoms with Gasteiger partial charge in [-0.2, -0.15) is 11.8 Å². The third kappa shape index (κ3) is 6.32. The first-order chi connectivity index (χ1) is 9.65. The molecule has 1 saturated carbocycles. The maximum atomic E-state index is 11.8. The molecule has 2 amide bonds. The topological polar surface area (TPSA) is 78.4 Å². The van der Waals surface area contributed by atoms with Crippen molar-refractivity contribution in [1.82, 2.24) is 10.6 Å². The number of nitrogens with one attached hydrogen (secondary N) is 2. The minimum absolute atomic E-state index is 0.254. The van der Waals surface area contributed by atoms with Crippen LogP contribution in [0.5, 0.6) is 0 Å². The zero-order valence-electron chi connectivity index (χ0n) is 11.8. The second-order valence-corrected chi connectivity index (χ2v) is 6.10. The Morgan fingerprint density at radius 3 is 2.75 bits per heavy atom. The molecule has 20 heavy (non-hydrogen) atoms. The molecule has 0 heterocycles. The first kappa shape index (κ1) is 16.9. The highest BCUT2D eigenvalue weighted by Gasteiger charge is 2.30. The van der Waals surface area contributed by atoms with Crippen LogP contribution in [0.4, 0.5) is 4.79 Å². The number of carbonyl (C=O) groups excluding carboxylic acids is 1. The standard InChI is InChI=1S/C14H24N2O3S/c1-2-9-20-10-8-15-14(19)16-12-7-5-3-4-6-11(12)13(17)18/h2,11-12H,1,3-10H2,(H,17,18)(H2,15,16,19). The number of hydrogen-bond donors (Lipinski definition) is 3. The molecule has 1 fully saturated rings. The van der Waals surface area contributed by atoms with Crippen molar-refractivity contribution in [3.63, 3.8) is 0 Å². The van der Waals surface area contributed by atoms with E-state index < -0.39 is 11.9 Å². The lowest BCUT2D eigenvalue weighted by Crippen LogP contribution is -2.47. The zero-order valence-corrected chi connectivity index (χ0v) is 12.6. The molecule has 0 spiro atoms. The van der Waals surface area contributed by atoms with Gasteiger partial charge in [0, 0.05) is 24.1 Å². The van der Waals surface area contributed by atoms with E-state index in [2.05, 4.69) is 17.2 Å². The van der Waals surface area contributed by atoms with Crippen molar-refractivity contribution in [2.45, 2.75) is 38.1 Å². The number of carboxylic acids is 1. The fraction of sp³-hybridized carbons (Fsp3) is 0.714. The molecule has 0 aliphatic heterocycles. The van der Waals surface area contributed by atoms with Gasteiger partial charge in [-0.3, -0.25) is 4.79 Å². The van der Waals surface area contributed by atoms with Crippen molar-refractivity contribution >= 4 is 23.8 Å². The van der Waals surface area contributed by atoms with Crippen LogP contribution in [0.2, 0.25) is 0 Å². The number of hydrogen-bond acceptors (Lipinski definition) is 3. The lowest BCUT2D eigenvalue weighted by atomic mass is 9.95. The van der Waals surface area contributed by atoms with E-state index in [1.165, 1.54) is 0 Å². The fourth-order valence-electron chi connectivity index (χ4n) is 2.40. The summed E-state index contributed by atoms with van der Waals surface area (Å²) in [5.74, 6) is 0.427. The Hall–Kier alpha value is -1.17. The van der Waals surface area contributed by atoms with E-state index in [0.29, 0.717) is 13.0 Å². The van der Waals surface area contributed by atoms with Gasteiger partial charge in [-0.25, -0.2) is 4.79 Å². The van der Waals surface area contributed by atoms with Gasteiger partial charge in [0.2, 0.25) is 0 Å². The summed E-state index contributed by atoms with van der Waals surface area (Å²) in [5.41, 5.74) is 0. The van der Waals surface area contributed by atoms with Gasteiger partial charge in [-0.15, -0.1) is 6.58 Å². The van der Waals surface area contributed by atoms with Crippen LogP contribution < -0.4 is 10.6 Å². The Morgan fingerprint density at radius 2 is 2.05 bits per heavy atom. The summed E-state index contributed by atoms with van der Waals surface area (Å²) in [4.78, 5) is 23.0. The third-order valence-corrected chi connectivity index (χ3v) is 4.38. The molecule has 0 radical (unpaired) electrons. The van der Waals surface area contributed by atoms with Crippen LogP contribution in [-0.4, -0.2) is 41.2 Å². The summed E-state index contributed by atoms with van der Waals surface area (Å²) in [6.45, 7) is 4.21. The predicted octanol–water partition coefficient (Wildman–Crippen LogP) is 2.24. The fourth-order valence-corrected chi connectivity index (χ4v) is 2.98. The summed E-state index contributed by atoms with van der Waals surface area (Å²) < 4.78 is 0. The summed E-state index contributed by atoms with van der Waals surface area (Å²) in [6, 6.07) is -0.516. The molecule has 1 aliphatic rings.